The van der Waals surface area contributed by atoms with Gasteiger partial charge in [0.2, 0.25) is 0 Å². The second-order valence-electron chi connectivity index (χ2n) is 5.09. The summed E-state index contributed by atoms with van der Waals surface area (Å²) in [6.45, 7) is 0.491. The van der Waals surface area contributed by atoms with Gasteiger partial charge in [0.25, 0.3) is 5.91 Å². The third-order valence-electron chi connectivity index (χ3n) is 3.07. The van der Waals surface area contributed by atoms with Gasteiger partial charge in [-0.1, -0.05) is 18.2 Å². The number of halogens is 1. The Labute approximate surface area is 143 Å². The molecule has 0 atom stereocenters. The van der Waals surface area contributed by atoms with Crippen molar-refractivity contribution in [3.63, 3.8) is 0 Å². The van der Waals surface area contributed by atoms with Gasteiger partial charge in [-0.2, -0.15) is 0 Å². The first-order chi connectivity index (χ1) is 11.9. The fourth-order valence-corrected chi connectivity index (χ4v) is 1.90. The van der Waals surface area contributed by atoms with E-state index in [1.165, 1.54) is 31.2 Å². The third-order valence-corrected chi connectivity index (χ3v) is 3.07. The lowest BCUT2D eigenvalue weighted by Crippen LogP contribution is -2.23. The molecule has 7 heteroatoms. The molecule has 0 aliphatic heterocycles. The summed E-state index contributed by atoms with van der Waals surface area (Å²) in [5, 5.41) is 2.40. The zero-order valence-electron chi connectivity index (χ0n) is 13.5. The summed E-state index contributed by atoms with van der Waals surface area (Å²) in [7, 11) is 0. The van der Waals surface area contributed by atoms with E-state index in [-0.39, 0.29) is 11.5 Å². The summed E-state index contributed by atoms with van der Waals surface area (Å²) < 4.78 is 23.0. The number of esters is 1. The van der Waals surface area contributed by atoms with Gasteiger partial charge in [0, 0.05) is 11.3 Å². The van der Waals surface area contributed by atoms with Crippen LogP contribution in [0, 0.1) is 5.82 Å². The summed E-state index contributed by atoms with van der Waals surface area (Å²) in [6.07, 6.45) is 0. The Balaban J connectivity index is 1.76. The molecule has 0 fully saturated rings. The molecule has 0 aromatic heterocycles. The fourth-order valence-electron chi connectivity index (χ4n) is 1.90. The maximum atomic E-state index is 13.0. The molecular weight excluding hydrogens is 329 g/mol. The molecule has 2 aromatic carbocycles. The van der Waals surface area contributed by atoms with Crippen LogP contribution >= 0.6 is 0 Å². The molecule has 0 saturated carbocycles. The van der Waals surface area contributed by atoms with Crippen LogP contribution in [0.2, 0.25) is 0 Å². The van der Waals surface area contributed by atoms with E-state index >= 15 is 0 Å². The van der Waals surface area contributed by atoms with Crippen LogP contribution in [0.25, 0.3) is 0 Å². The number of hydrogen-bond donors (Lipinski definition) is 1. The molecule has 130 valence electrons. The Morgan fingerprint density at radius 3 is 2.52 bits per heavy atom. The molecule has 0 heterocycles. The largest absolute Gasteiger partial charge is 0.482 e. The van der Waals surface area contributed by atoms with E-state index in [2.05, 4.69) is 5.32 Å². The van der Waals surface area contributed by atoms with Crippen LogP contribution in [-0.2, 0) is 14.3 Å². The van der Waals surface area contributed by atoms with Crippen molar-refractivity contribution < 1.29 is 28.2 Å². The van der Waals surface area contributed by atoms with Gasteiger partial charge in [0.1, 0.15) is 11.6 Å². The van der Waals surface area contributed by atoms with Crippen molar-refractivity contribution in [2.24, 2.45) is 0 Å². The molecule has 0 radical (unpaired) electrons. The lowest BCUT2D eigenvalue weighted by Gasteiger charge is -2.08. The predicted molar refractivity (Wildman–Crippen MR) is 87.9 cm³/mol. The first kappa shape index (κ1) is 18.1. The molecule has 2 rings (SSSR count). The fraction of sp³-hybridized carbons (Fsp3) is 0.167. The Morgan fingerprint density at radius 1 is 1.04 bits per heavy atom. The van der Waals surface area contributed by atoms with Crippen LogP contribution in [0.4, 0.5) is 10.1 Å². The monoisotopic (exact) mass is 345 g/mol. The highest BCUT2D eigenvalue weighted by atomic mass is 19.1. The van der Waals surface area contributed by atoms with Gasteiger partial charge in [-0.15, -0.1) is 0 Å². The van der Waals surface area contributed by atoms with Crippen molar-refractivity contribution in [2.45, 2.75) is 6.92 Å². The van der Waals surface area contributed by atoms with Gasteiger partial charge in [-0.05, 0) is 37.3 Å². The lowest BCUT2D eigenvalue weighted by molar-refractivity contribution is -0.149. The average molecular weight is 345 g/mol. The number of carbonyl (C=O) groups excluding carboxylic acids is 3. The van der Waals surface area contributed by atoms with Gasteiger partial charge in [-0.25, -0.2) is 9.18 Å². The highest BCUT2D eigenvalue weighted by Crippen LogP contribution is 2.13. The summed E-state index contributed by atoms with van der Waals surface area (Å²) in [6, 6.07) is 11.7. The number of benzene rings is 2. The molecule has 2 aromatic rings. The van der Waals surface area contributed by atoms with Gasteiger partial charge in [0.05, 0.1) is 0 Å². The van der Waals surface area contributed by atoms with E-state index in [1.54, 1.807) is 18.2 Å². The van der Waals surface area contributed by atoms with E-state index in [9.17, 15) is 18.8 Å². The van der Waals surface area contributed by atoms with Crippen molar-refractivity contribution in [3.8, 4) is 5.75 Å². The van der Waals surface area contributed by atoms with Crippen molar-refractivity contribution in [1.82, 2.24) is 0 Å². The number of ether oxygens (including phenoxy) is 2. The number of anilines is 1. The van der Waals surface area contributed by atoms with Crippen molar-refractivity contribution in [2.75, 3.05) is 18.5 Å². The Bertz CT molecular complexity index is 791. The maximum Gasteiger partial charge on any atom is 0.344 e. The minimum atomic E-state index is -0.748. The minimum Gasteiger partial charge on any atom is -0.482 e. The number of amides is 1. The van der Waals surface area contributed by atoms with E-state index in [4.69, 9.17) is 9.47 Å². The Kier molecular flexibility index (Phi) is 6.22. The molecule has 1 amide bonds. The molecule has 0 unspecified atom stereocenters. The SMILES string of the molecule is CC(=O)c1cccc(OCC(=O)OCC(=O)Nc2cccc(F)c2)c1. The third kappa shape index (κ3) is 6.06. The maximum absolute atomic E-state index is 13.0. The number of carbonyl (C=O) groups is 3. The average Bonchev–Trinajstić information content (AvgIpc) is 2.58. The first-order valence-electron chi connectivity index (χ1n) is 7.39. The highest BCUT2D eigenvalue weighted by molar-refractivity contribution is 5.94. The summed E-state index contributed by atoms with van der Waals surface area (Å²) in [5.74, 6) is -1.62. The molecule has 25 heavy (non-hydrogen) atoms. The van der Waals surface area contributed by atoms with E-state index in [0.29, 0.717) is 11.3 Å². The first-order valence-corrected chi connectivity index (χ1v) is 7.39. The molecule has 0 aliphatic carbocycles. The molecule has 1 N–H and O–H groups in total. The van der Waals surface area contributed by atoms with Gasteiger partial charge in [-0.3, -0.25) is 9.59 Å². The predicted octanol–water partition coefficient (Wildman–Crippen LogP) is 2.59. The summed E-state index contributed by atoms with van der Waals surface area (Å²) in [5.41, 5.74) is 0.721. The van der Waals surface area contributed by atoms with Crippen LogP contribution in [-0.4, -0.2) is 30.9 Å². The van der Waals surface area contributed by atoms with E-state index < -0.39 is 30.9 Å². The highest BCUT2D eigenvalue weighted by Gasteiger charge is 2.10. The summed E-state index contributed by atoms with van der Waals surface area (Å²) in [4.78, 5) is 34.5. The van der Waals surface area contributed by atoms with Crippen molar-refractivity contribution >= 4 is 23.3 Å². The summed E-state index contributed by atoms with van der Waals surface area (Å²) >= 11 is 0. The molecule has 0 bridgehead atoms. The zero-order chi connectivity index (χ0) is 18.2. The molecule has 0 spiro atoms. The van der Waals surface area contributed by atoms with Crippen LogP contribution in [0.1, 0.15) is 17.3 Å². The smallest absolute Gasteiger partial charge is 0.344 e. The van der Waals surface area contributed by atoms with E-state index in [1.807, 2.05) is 0 Å². The molecular formula is C18H16FNO5. The lowest BCUT2D eigenvalue weighted by atomic mass is 10.1. The van der Waals surface area contributed by atoms with Gasteiger partial charge < -0.3 is 14.8 Å². The number of hydrogen-bond acceptors (Lipinski definition) is 5. The van der Waals surface area contributed by atoms with Gasteiger partial charge in [0.15, 0.2) is 19.0 Å². The second-order valence-corrected chi connectivity index (χ2v) is 5.09. The van der Waals surface area contributed by atoms with E-state index in [0.717, 1.165) is 6.07 Å². The molecule has 6 nitrogen and oxygen atoms in total. The van der Waals surface area contributed by atoms with Crippen LogP contribution in [0.15, 0.2) is 48.5 Å². The minimum absolute atomic E-state index is 0.123. The normalized spacial score (nSPS) is 10.0. The van der Waals surface area contributed by atoms with Crippen LogP contribution < -0.4 is 10.1 Å². The Morgan fingerprint density at radius 2 is 1.80 bits per heavy atom. The number of Topliss-reactive ketones (excluding diaryl/α,β-unsaturated/α-hetero) is 1. The number of nitrogens with one attached hydrogen (secondary N) is 1. The zero-order valence-corrected chi connectivity index (χ0v) is 13.5. The number of ketones is 1. The molecule has 0 aliphatic rings. The van der Waals surface area contributed by atoms with Crippen LogP contribution in [0.5, 0.6) is 5.75 Å². The standard InChI is InChI=1S/C18H16FNO5/c1-12(21)13-4-2-7-16(8-13)24-11-18(23)25-10-17(22)20-15-6-3-5-14(19)9-15/h2-9H,10-11H2,1H3,(H,20,22). The second kappa shape index (κ2) is 8.58. The van der Waals surface area contributed by atoms with Gasteiger partial charge >= 0.3 is 5.97 Å². The van der Waals surface area contributed by atoms with Crippen LogP contribution in [0.3, 0.4) is 0 Å². The quantitative estimate of drug-likeness (QED) is 0.616. The van der Waals surface area contributed by atoms with Crippen molar-refractivity contribution in [3.05, 3.63) is 59.9 Å². The topological polar surface area (TPSA) is 81.7 Å². The number of rotatable bonds is 7. The Hall–Kier alpha value is -3.22. The van der Waals surface area contributed by atoms with Crippen molar-refractivity contribution in [1.29, 1.82) is 0 Å². The molecule has 0 saturated heterocycles.